The molecular weight excluding hydrogens is 220 g/mol. The summed E-state index contributed by atoms with van der Waals surface area (Å²) < 4.78 is 0. The molecule has 0 aromatic rings. The molecule has 0 unspecified atom stereocenters. The molecular formula is C8H13N2O4S. The van der Waals surface area contributed by atoms with Crippen LogP contribution in [0.15, 0.2) is 0 Å². The van der Waals surface area contributed by atoms with E-state index < -0.39 is 24.0 Å². The van der Waals surface area contributed by atoms with Crippen LogP contribution in [0, 0.1) is 0 Å². The molecule has 0 aromatic heterocycles. The van der Waals surface area contributed by atoms with Gasteiger partial charge in [-0.2, -0.15) is 12.6 Å². The predicted octanol–water partition coefficient (Wildman–Crippen LogP) is -1.30. The van der Waals surface area contributed by atoms with E-state index in [1.807, 2.05) is 0 Å². The number of hydrogen-bond donors (Lipinski definition) is 4. The number of carbonyl (C=O) groups excluding carboxylic acids is 2. The van der Waals surface area contributed by atoms with Crippen LogP contribution < -0.4 is 11.1 Å². The van der Waals surface area contributed by atoms with Gasteiger partial charge in [-0.05, 0) is 6.42 Å². The Kier molecular flexibility index (Phi) is 6.72. The van der Waals surface area contributed by atoms with Gasteiger partial charge in [0.05, 0.1) is 6.04 Å². The number of aliphatic carboxylic acids is 1. The van der Waals surface area contributed by atoms with Crippen molar-refractivity contribution >= 4 is 30.8 Å². The van der Waals surface area contributed by atoms with Crippen molar-refractivity contribution in [1.82, 2.24) is 5.32 Å². The maximum Gasteiger partial charge on any atom is 0.303 e. The molecule has 0 saturated heterocycles. The normalized spacial score (nSPS) is 14.0. The quantitative estimate of drug-likeness (QED) is 0.409. The molecule has 0 aromatic carbocycles. The molecule has 0 spiro atoms. The third-order valence-electron chi connectivity index (χ3n) is 1.65. The average molecular weight is 233 g/mol. The number of carboxylic acid groups (broad SMARTS) is 1. The van der Waals surface area contributed by atoms with E-state index in [1.165, 1.54) is 0 Å². The summed E-state index contributed by atoms with van der Waals surface area (Å²) in [6.07, 6.45) is 1.41. The second kappa shape index (κ2) is 7.24. The molecule has 7 heteroatoms. The second-order valence-electron chi connectivity index (χ2n) is 2.90. The molecule has 0 aliphatic rings. The van der Waals surface area contributed by atoms with Crippen molar-refractivity contribution in [2.24, 2.45) is 5.73 Å². The monoisotopic (exact) mass is 233 g/mol. The van der Waals surface area contributed by atoms with Crippen molar-refractivity contribution in [3.8, 4) is 0 Å². The van der Waals surface area contributed by atoms with Gasteiger partial charge < -0.3 is 16.2 Å². The van der Waals surface area contributed by atoms with Crippen molar-refractivity contribution in [1.29, 1.82) is 0 Å². The molecule has 6 nitrogen and oxygen atoms in total. The third-order valence-corrected chi connectivity index (χ3v) is 2.01. The minimum Gasteiger partial charge on any atom is -0.481 e. The minimum atomic E-state index is -1.02. The Balaban J connectivity index is 3.97. The van der Waals surface area contributed by atoms with Gasteiger partial charge in [0, 0.05) is 12.2 Å². The minimum absolute atomic E-state index is 0.0271. The molecule has 2 atom stereocenters. The molecule has 0 saturated carbocycles. The molecule has 85 valence electrons. The van der Waals surface area contributed by atoms with Gasteiger partial charge in [-0.3, -0.25) is 14.4 Å². The number of nitrogens with two attached hydrogens (primary N) is 1. The predicted molar refractivity (Wildman–Crippen MR) is 56.3 cm³/mol. The number of carbonyl (C=O) groups is 2. The zero-order chi connectivity index (χ0) is 11.8. The van der Waals surface area contributed by atoms with Crippen molar-refractivity contribution in [3.63, 3.8) is 0 Å². The number of amides is 1. The molecule has 0 aliphatic carbocycles. The van der Waals surface area contributed by atoms with Crippen molar-refractivity contribution in [3.05, 3.63) is 0 Å². The average Bonchev–Trinajstić information content (AvgIpc) is 2.21. The summed E-state index contributed by atoms with van der Waals surface area (Å²) in [4.78, 5) is 31.7. The van der Waals surface area contributed by atoms with E-state index in [0.717, 1.165) is 0 Å². The summed E-state index contributed by atoms with van der Waals surface area (Å²) in [6.45, 7) is 0. The Hall–Kier alpha value is -1.08. The fourth-order valence-corrected chi connectivity index (χ4v) is 0.967. The first-order valence-electron chi connectivity index (χ1n) is 4.27. The number of hydrogen-bond acceptors (Lipinski definition) is 5. The van der Waals surface area contributed by atoms with Crippen molar-refractivity contribution in [2.45, 2.75) is 24.9 Å². The van der Waals surface area contributed by atoms with E-state index in [2.05, 4.69) is 17.9 Å². The van der Waals surface area contributed by atoms with Crippen LogP contribution in [0.2, 0.25) is 0 Å². The number of carboxylic acids is 1. The van der Waals surface area contributed by atoms with E-state index in [0.29, 0.717) is 0 Å². The first-order chi connectivity index (χ1) is 7.01. The van der Waals surface area contributed by atoms with Gasteiger partial charge in [0.15, 0.2) is 0 Å². The van der Waals surface area contributed by atoms with E-state index in [-0.39, 0.29) is 18.6 Å². The van der Waals surface area contributed by atoms with Crippen LogP contribution in [0.25, 0.3) is 0 Å². The Labute approximate surface area is 92.6 Å². The van der Waals surface area contributed by atoms with Crippen LogP contribution in [0.3, 0.4) is 0 Å². The molecule has 0 bridgehead atoms. The van der Waals surface area contributed by atoms with Crippen LogP contribution >= 0.6 is 12.6 Å². The van der Waals surface area contributed by atoms with E-state index in [1.54, 1.807) is 6.29 Å². The highest BCUT2D eigenvalue weighted by molar-refractivity contribution is 7.80. The zero-order valence-corrected chi connectivity index (χ0v) is 8.87. The van der Waals surface area contributed by atoms with Crippen molar-refractivity contribution < 1.29 is 19.5 Å². The molecule has 4 N–H and O–H groups in total. The number of rotatable bonds is 7. The Morgan fingerprint density at radius 2 is 2.13 bits per heavy atom. The largest absolute Gasteiger partial charge is 0.481 e. The summed E-state index contributed by atoms with van der Waals surface area (Å²) in [6, 6.07) is -1.74. The van der Waals surface area contributed by atoms with Crippen LogP contribution in [0.1, 0.15) is 12.8 Å². The number of thiol groups is 1. The highest BCUT2D eigenvalue weighted by atomic mass is 32.1. The highest BCUT2D eigenvalue weighted by Gasteiger charge is 2.18. The third kappa shape index (κ3) is 6.08. The summed E-state index contributed by atoms with van der Waals surface area (Å²) in [5.41, 5.74) is 5.39. The van der Waals surface area contributed by atoms with Gasteiger partial charge in [0.2, 0.25) is 12.2 Å². The summed E-state index contributed by atoms with van der Waals surface area (Å²) >= 11 is 3.81. The molecule has 1 radical (unpaired) electrons. The van der Waals surface area contributed by atoms with Gasteiger partial charge in [-0.15, -0.1) is 0 Å². The smallest absolute Gasteiger partial charge is 0.303 e. The lowest BCUT2D eigenvalue weighted by atomic mass is 10.1. The second-order valence-corrected chi connectivity index (χ2v) is 3.27. The Bertz CT molecular complexity index is 247. The van der Waals surface area contributed by atoms with Crippen LogP contribution in [-0.4, -0.2) is 41.1 Å². The summed E-state index contributed by atoms with van der Waals surface area (Å²) in [5.74, 6) is -1.47. The lowest BCUT2D eigenvalue weighted by Gasteiger charge is -2.13. The molecule has 0 fully saturated rings. The lowest BCUT2D eigenvalue weighted by molar-refractivity contribution is -0.137. The maximum atomic E-state index is 11.2. The fourth-order valence-electron chi connectivity index (χ4n) is 0.801. The zero-order valence-electron chi connectivity index (χ0n) is 7.97. The van der Waals surface area contributed by atoms with E-state index >= 15 is 0 Å². The first-order valence-corrected chi connectivity index (χ1v) is 4.90. The van der Waals surface area contributed by atoms with E-state index in [9.17, 15) is 14.4 Å². The summed E-state index contributed by atoms with van der Waals surface area (Å²) in [7, 11) is 0. The number of nitrogens with one attached hydrogen (secondary N) is 1. The molecule has 0 aliphatic heterocycles. The Morgan fingerprint density at radius 3 is 2.53 bits per heavy atom. The lowest BCUT2D eigenvalue weighted by Crippen LogP contribution is -2.46. The van der Waals surface area contributed by atoms with Gasteiger partial charge >= 0.3 is 5.97 Å². The van der Waals surface area contributed by atoms with Crippen LogP contribution in [0.4, 0.5) is 0 Å². The van der Waals surface area contributed by atoms with Crippen LogP contribution in [-0.2, 0) is 14.4 Å². The van der Waals surface area contributed by atoms with Gasteiger partial charge in [-0.25, -0.2) is 0 Å². The summed E-state index contributed by atoms with van der Waals surface area (Å²) in [5, 5.41) is 10.6. The van der Waals surface area contributed by atoms with E-state index in [4.69, 9.17) is 10.8 Å². The SMILES string of the molecule is N[C@@H](CCC(=O)O)C(=O)N[C@H]([C]=O)CS. The molecule has 0 rings (SSSR count). The first kappa shape index (κ1) is 13.9. The standard InChI is InChI=1S/C8H13N2O4S/c9-6(1-2-7(12)13)8(14)10-5(3-11)4-15/h5-6,15H,1-2,4,9H2,(H,10,14)(H,12,13)/t5-,6+/m1/s1. The molecule has 0 heterocycles. The van der Waals surface area contributed by atoms with Gasteiger partial charge in [-0.1, -0.05) is 0 Å². The van der Waals surface area contributed by atoms with Gasteiger partial charge in [0.25, 0.3) is 0 Å². The fraction of sp³-hybridized carbons (Fsp3) is 0.625. The van der Waals surface area contributed by atoms with Crippen LogP contribution in [0.5, 0.6) is 0 Å². The van der Waals surface area contributed by atoms with Crippen molar-refractivity contribution in [2.75, 3.05) is 5.75 Å². The molecule has 1 amide bonds. The van der Waals surface area contributed by atoms with Gasteiger partial charge in [0.1, 0.15) is 6.04 Å². The highest BCUT2D eigenvalue weighted by Crippen LogP contribution is 1.95. The topological polar surface area (TPSA) is 109 Å². The molecule has 15 heavy (non-hydrogen) atoms. The maximum absolute atomic E-state index is 11.2. The Morgan fingerprint density at radius 1 is 1.53 bits per heavy atom.